The molecule has 1 aliphatic heterocycles. The van der Waals surface area contributed by atoms with E-state index in [9.17, 15) is 9.59 Å². The van der Waals surface area contributed by atoms with Crippen LogP contribution in [0, 0.1) is 0 Å². The van der Waals surface area contributed by atoms with Crippen LogP contribution in [0.1, 0.15) is 35.5 Å². The Labute approximate surface area is 140 Å². The van der Waals surface area contributed by atoms with Gasteiger partial charge in [0, 0.05) is 24.8 Å². The first kappa shape index (κ1) is 16.1. The molecule has 6 heteroatoms. The highest BCUT2D eigenvalue weighted by molar-refractivity contribution is 5.92. The van der Waals surface area contributed by atoms with Crippen LogP contribution < -0.4 is 10.6 Å². The lowest BCUT2D eigenvalue weighted by Crippen LogP contribution is -2.36. The number of hydrogen-bond acceptors (Lipinski definition) is 3. The number of urea groups is 1. The molecule has 0 fully saturated rings. The smallest absolute Gasteiger partial charge is 0.319 e. The Balaban J connectivity index is 1.72. The van der Waals surface area contributed by atoms with Gasteiger partial charge in [-0.2, -0.15) is 0 Å². The summed E-state index contributed by atoms with van der Waals surface area (Å²) in [5.74, 6) is 0.241. The number of nitrogens with zero attached hydrogens (tertiary/aromatic N) is 1. The molecule has 126 valence electrons. The Hall–Kier alpha value is -2.76. The Kier molecular flexibility index (Phi) is 4.55. The fourth-order valence-corrected chi connectivity index (χ4v) is 2.79. The normalized spacial score (nSPS) is 13.5. The van der Waals surface area contributed by atoms with E-state index in [0.29, 0.717) is 18.8 Å². The summed E-state index contributed by atoms with van der Waals surface area (Å²) in [7, 11) is 0. The minimum atomic E-state index is -0.232. The Morgan fingerprint density at radius 1 is 1.21 bits per heavy atom. The number of benzene rings is 1. The van der Waals surface area contributed by atoms with Crippen LogP contribution in [0.5, 0.6) is 0 Å². The van der Waals surface area contributed by atoms with Gasteiger partial charge in [-0.25, -0.2) is 4.79 Å². The van der Waals surface area contributed by atoms with E-state index in [4.69, 9.17) is 4.42 Å². The fraction of sp³-hybridized carbons (Fsp3) is 0.333. The molecule has 0 unspecified atom stereocenters. The molecule has 3 amide bonds. The largest absolute Gasteiger partial charge is 0.459 e. The molecular formula is C18H21N3O3. The van der Waals surface area contributed by atoms with Crippen molar-refractivity contribution in [2.75, 3.05) is 11.9 Å². The maximum Gasteiger partial charge on any atom is 0.319 e. The average molecular weight is 327 g/mol. The lowest BCUT2D eigenvalue weighted by Gasteiger charge is -2.28. The van der Waals surface area contributed by atoms with Gasteiger partial charge in [0.15, 0.2) is 5.76 Å². The van der Waals surface area contributed by atoms with Crippen molar-refractivity contribution < 1.29 is 14.0 Å². The topological polar surface area (TPSA) is 74.6 Å². The zero-order valence-electron chi connectivity index (χ0n) is 13.8. The molecule has 3 rings (SSSR count). The zero-order valence-corrected chi connectivity index (χ0v) is 13.8. The standard InChI is InChI=1S/C18H21N3O3/c1-12(2)19-18(23)20-15-6-5-13-7-8-21(11-14(13)10-15)17(22)16-4-3-9-24-16/h3-6,9-10,12H,7-8,11H2,1-2H3,(H2,19,20,23). The summed E-state index contributed by atoms with van der Waals surface area (Å²) in [6.45, 7) is 4.98. The second-order valence-electron chi connectivity index (χ2n) is 6.19. The second-order valence-corrected chi connectivity index (χ2v) is 6.19. The van der Waals surface area contributed by atoms with E-state index in [-0.39, 0.29) is 18.0 Å². The van der Waals surface area contributed by atoms with Crippen molar-refractivity contribution in [2.24, 2.45) is 0 Å². The predicted molar refractivity (Wildman–Crippen MR) is 90.9 cm³/mol. The lowest BCUT2D eigenvalue weighted by molar-refractivity contribution is 0.0702. The minimum absolute atomic E-state index is 0.0732. The van der Waals surface area contributed by atoms with Gasteiger partial charge >= 0.3 is 6.03 Å². The van der Waals surface area contributed by atoms with Crippen LogP contribution in [0.25, 0.3) is 0 Å². The third kappa shape index (κ3) is 3.59. The van der Waals surface area contributed by atoms with E-state index in [1.54, 1.807) is 17.0 Å². The molecule has 1 aromatic heterocycles. The summed E-state index contributed by atoms with van der Waals surface area (Å²) in [4.78, 5) is 26.0. The van der Waals surface area contributed by atoms with Crippen LogP contribution in [-0.4, -0.2) is 29.4 Å². The quantitative estimate of drug-likeness (QED) is 0.910. The van der Waals surface area contributed by atoms with Crippen molar-refractivity contribution in [3.05, 3.63) is 53.5 Å². The number of hydrogen-bond donors (Lipinski definition) is 2. The van der Waals surface area contributed by atoms with Gasteiger partial charge in [-0.1, -0.05) is 6.07 Å². The molecule has 0 radical (unpaired) electrons. The molecule has 0 saturated heterocycles. The minimum Gasteiger partial charge on any atom is -0.459 e. The summed E-state index contributed by atoms with van der Waals surface area (Å²) in [6.07, 6.45) is 2.29. The molecule has 24 heavy (non-hydrogen) atoms. The van der Waals surface area contributed by atoms with E-state index in [2.05, 4.69) is 10.6 Å². The van der Waals surface area contributed by atoms with Crippen LogP contribution in [0.4, 0.5) is 10.5 Å². The Morgan fingerprint density at radius 3 is 2.75 bits per heavy atom. The predicted octanol–water partition coefficient (Wildman–Crippen LogP) is 3.01. The van der Waals surface area contributed by atoms with E-state index >= 15 is 0 Å². The average Bonchev–Trinajstić information content (AvgIpc) is 3.07. The molecule has 2 N–H and O–H groups in total. The summed E-state index contributed by atoms with van der Waals surface area (Å²) in [5, 5.41) is 5.61. The SMILES string of the molecule is CC(C)NC(=O)Nc1ccc2c(c1)CN(C(=O)c1ccco1)CC2. The van der Waals surface area contributed by atoms with Crippen molar-refractivity contribution >= 4 is 17.6 Å². The zero-order chi connectivity index (χ0) is 17.1. The van der Waals surface area contributed by atoms with Crippen LogP contribution in [0.2, 0.25) is 0 Å². The maximum atomic E-state index is 12.4. The van der Waals surface area contributed by atoms with Crippen molar-refractivity contribution in [1.29, 1.82) is 0 Å². The van der Waals surface area contributed by atoms with Gasteiger partial charge in [-0.3, -0.25) is 4.79 Å². The van der Waals surface area contributed by atoms with Crippen molar-refractivity contribution in [3.8, 4) is 0 Å². The monoisotopic (exact) mass is 327 g/mol. The summed E-state index contributed by atoms with van der Waals surface area (Å²) in [5.41, 5.74) is 2.97. The molecule has 0 bridgehead atoms. The van der Waals surface area contributed by atoms with E-state index < -0.39 is 0 Å². The molecule has 1 aliphatic rings. The van der Waals surface area contributed by atoms with Crippen molar-refractivity contribution in [3.63, 3.8) is 0 Å². The van der Waals surface area contributed by atoms with Crippen molar-refractivity contribution in [1.82, 2.24) is 10.2 Å². The van der Waals surface area contributed by atoms with Crippen LogP contribution in [0.3, 0.4) is 0 Å². The van der Waals surface area contributed by atoms with Gasteiger partial charge in [0.2, 0.25) is 0 Å². The summed E-state index contributed by atoms with van der Waals surface area (Å²) < 4.78 is 5.19. The fourth-order valence-electron chi connectivity index (χ4n) is 2.79. The maximum absolute atomic E-state index is 12.4. The van der Waals surface area contributed by atoms with Gasteiger partial charge in [0.25, 0.3) is 5.91 Å². The number of fused-ring (bicyclic) bond motifs is 1. The van der Waals surface area contributed by atoms with Gasteiger partial charge in [-0.05, 0) is 55.7 Å². The number of carbonyl (C=O) groups excluding carboxylic acids is 2. The lowest BCUT2D eigenvalue weighted by atomic mass is 9.99. The van der Waals surface area contributed by atoms with Crippen LogP contribution in [-0.2, 0) is 13.0 Å². The molecule has 2 aromatic rings. The van der Waals surface area contributed by atoms with Gasteiger partial charge in [0.1, 0.15) is 0 Å². The van der Waals surface area contributed by atoms with E-state index in [1.165, 1.54) is 11.8 Å². The molecular weight excluding hydrogens is 306 g/mol. The first-order valence-corrected chi connectivity index (χ1v) is 8.05. The molecule has 2 heterocycles. The highest BCUT2D eigenvalue weighted by Crippen LogP contribution is 2.24. The highest BCUT2D eigenvalue weighted by atomic mass is 16.3. The van der Waals surface area contributed by atoms with E-state index in [1.807, 2.05) is 32.0 Å². The van der Waals surface area contributed by atoms with E-state index in [0.717, 1.165) is 17.7 Å². The van der Waals surface area contributed by atoms with Crippen LogP contribution >= 0.6 is 0 Å². The first-order chi connectivity index (χ1) is 11.5. The summed E-state index contributed by atoms with van der Waals surface area (Å²) in [6, 6.07) is 9.05. The first-order valence-electron chi connectivity index (χ1n) is 8.05. The van der Waals surface area contributed by atoms with Gasteiger partial charge < -0.3 is 20.0 Å². The highest BCUT2D eigenvalue weighted by Gasteiger charge is 2.23. The van der Waals surface area contributed by atoms with Crippen LogP contribution in [0.15, 0.2) is 41.0 Å². The number of carbonyl (C=O) groups is 2. The number of anilines is 1. The third-order valence-electron chi connectivity index (χ3n) is 3.92. The number of nitrogens with one attached hydrogen (secondary N) is 2. The summed E-state index contributed by atoms with van der Waals surface area (Å²) >= 11 is 0. The third-order valence-corrected chi connectivity index (χ3v) is 3.92. The molecule has 0 aliphatic carbocycles. The molecule has 0 spiro atoms. The molecule has 1 aromatic carbocycles. The number of rotatable bonds is 3. The molecule has 0 atom stereocenters. The Morgan fingerprint density at radius 2 is 2.04 bits per heavy atom. The van der Waals surface area contributed by atoms with Gasteiger partial charge in [-0.15, -0.1) is 0 Å². The number of amides is 3. The van der Waals surface area contributed by atoms with Gasteiger partial charge in [0.05, 0.1) is 6.26 Å². The Bertz CT molecular complexity index is 738. The van der Waals surface area contributed by atoms with Crippen molar-refractivity contribution in [2.45, 2.75) is 32.9 Å². The molecule has 6 nitrogen and oxygen atoms in total. The molecule has 0 saturated carbocycles. The number of furan rings is 1. The second kappa shape index (κ2) is 6.78.